The zero-order valence-electron chi connectivity index (χ0n) is 10.5. The van der Waals surface area contributed by atoms with Gasteiger partial charge in [0.2, 0.25) is 0 Å². The Morgan fingerprint density at radius 2 is 1.95 bits per heavy atom. The second-order valence-corrected chi connectivity index (χ2v) is 5.73. The Hall–Kier alpha value is -1.53. The van der Waals surface area contributed by atoms with Gasteiger partial charge in [0.1, 0.15) is 11.5 Å². The summed E-state index contributed by atoms with van der Waals surface area (Å²) in [4.78, 5) is 12.1. The lowest BCUT2D eigenvalue weighted by Crippen LogP contribution is -2.12. The third-order valence-corrected chi connectivity index (χ3v) is 3.73. The van der Waals surface area contributed by atoms with Crippen molar-refractivity contribution in [3.63, 3.8) is 0 Å². The maximum atomic E-state index is 12.1. The molecule has 6 heteroatoms. The van der Waals surface area contributed by atoms with Gasteiger partial charge in [-0.3, -0.25) is 4.79 Å². The molecule has 0 aliphatic rings. The van der Waals surface area contributed by atoms with Crippen molar-refractivity contribution in [2.24, 2.45) is 0 Å². The molecule has 2 aromatic rings. The number of carbonyl (C=O) groups is 1. The van der Waals surface area contributed by atoms with Gasteiger partial charge in [0.15, 0.2) is 0 Å². The van der Waals surface area contributed by atoms with E-state index in [9.17, 15) is 9.90 Å². The zero-order chi connectivity index (χ0) is 14.7. The Kier molecular flexibility index (Phi) is 4.67. The Balaban J connectivity index is 2.23. The van der Waals surface area contributed by atoms with Gasteiger partial charge >= 0.3 is 0 Å². The van der Waals surface area contributed by atoms with Crippen molar-refractivity contribution < 1.29 is 14.6 Å². The fourth-order valence-corrected chi connectivity index (χ4v) is 2.53. The lowest BCUT2D eigenvalue weighted by atomic mass is 10.2. The van der Waals surface area contributed by atoms with Crippen LogP contribution in [-0.4, -0.2) is 18.1 Å². The minimum absolute atomic E-state index is 0.0710. The highest BCUT2D eigenvalue weighted by atomic mass is 79.9. The normalized spacial score (nSPS) is 10.2. The first-order chi connectivity index (χ1) is 9.51. The van der Waals surface area contributed by atoms with Crippen LogP contribution in [0.5, 0.6) is 11.5 Å². The molecule has 2 rings (SSSR count). The summed E-state index contributed by atoms with van der Waals surface area (Å²) in [6, 6.07) is 9.87. The molecule has 0 unspecified atom stereocenters. The molecule has 2 N–H and O–H groups in total. The number of amides is 1. The Morgan fingerprint density at radius 1 is 1.20 bits per heavy atom. The van der Waals surface area contributed by atoms with E-state index in [0.29, 0.717) is 11.4 Å². The van der Waals surface area contributed by atoms with Crippen molar-refractivity contribution in [2.75, 3.05) is 12.4 Å². The molecular weight excluding hydrogens is 390 g/mol. The van der Waals surface area contributed by atoms with Crippen LogP contribution in [0.2, 0.25) is 0 Å². The molecule has 0 aromatic heterocycles. The molecule has 2 aromatic carbocycles. The molecule has 1 amide bonds. The summed E-state index contributed by atoms with van der Waals surface area (Å²) in [6.07, 6.45) is 0. The third kappa shape index (κ3) is 3.32. The molecule has 4 nitrogen and oxygen atoms in total. The summed E-state index contributed by atoms with van der Waals surface area (Å²) < 4.78 is 6.57. The van der Waals surface area contributed by atoms with Crippen LogP contribution in [0.4, 0.5) is 5.69 Å². The van der Waals surface area contributed by atoms with E-state index in [4.69, 9.17) is 4.74 Å². The fourth-order valence-electron chi connectivity index (χ4n) is 1.63. The van der Waals surface area contributed by atoms with E-state index >= 15 is 0 Å². The van der Waals surface area contributed by atoms with Gasteiger partial charge in [-0.1, -0.05) is 15.9 Å². The highest BCUT2D eigenvalue weighted by Crippen LogP contribution is 2.28. The van der Waals surface area contributed by atoms with E-state index < -0.39 is 0 Å². The lowest BCUT2D eigenvalue weighted by molar-refractivity contribution is 0.102. The highest BCUT2D eigenvalue weighted by Gasteiger charge is 2.12. The van der Waals surface area contributed by atoms with Crippen molar-refractivity contribution in [3.8, 4) is 11.5 Å². The number of nitrogens with one attached hydrogen (secondary N) is 1. The molecule has 0 atom stereocenters. The first kappa shape index (κ1) is 14.9. The highest BCUT2D eigenvalue weighted by molar-refractivity contribution is 9.10. The number of hydrogen-bond acceptors (Lipinski definition) is 3. The van der Waals surface area contributed by atoms with Crippen LogP contribution in [0.3, 0.4) is 0 Å². The second-order valence-electron chi connectivity index (χ2n) is 3.96. The second kappa shape index (κ2) is 6.28. The Morgan fingerprint density at radius 3 is 2.60 bits per heavy atom. The number of rotatable bonds is 3. The van der Waals surface area contributed by atoms with Crippen molar-refractivity contribution >= 4 is 43.5 Å². The summed E-state index contributed by atoms with van der Waals surface area (Å²) in [6.45, 7) is 0. The average Bonchev–Trinajstić information content (AvgIpc) is 2.41. The van der Waals surface area contributed by atoms with Crippen LogP contribution < -0.4 is 10.1 Å². The number of phenols is 1. The van der Waals surface area contributed by atoms with E-state index in [0.717, 1.165) is 8.95 Å². The Labute approximate surface area is 133 Å². The van der Waals surface area contributed by atoms with E-state index in [-0.39, 0.29) is 17.2 Å². The topological polar surface area (TPSA) is 58.6 Å². The monoisotopic (exact) mass is 399 g/mol. The van der Waals surface area contributed by atoms with Gasteiger partial charge in [-0.2, -0.15) is 0 Å². The SMILES string of the molecule is COc1ccc(NC(=O)c2cc(Br)ccc2O)cc1Br. The molecular formula is C14H11Br2NO3. The summed E-state index contributed by atoms with van der Waals surface area (Å²) >= 11 is 6.61. The van der Waals surface area contributed by atoms with Crippen molar-refractivity contribution in [3.05, 3.63) is 50.9 Å². The van der Waals surface area contributed by atoms with Gasteiger partial charge in [-0.05, 0) is 52.3 Å². The molecule has 0 bridgehead atoms. The molecule has 0 fully saturated rings. The smallest absolute Gasteiger partial charge is 0.259 e. The van der Waals surface area contributed by atoms with Gasteiger partial charge in [-0.15, -0.1) is 0 Å². The van der Waals surface area contributed by atoms with Crippen molar-refractivity contribution in [1.82, 2.24) is 0 Å². The summed E-state index contributed by atoms with van der Waals surface area (Å²) in [5.41, 5.74) is 0.799. The van der Waals surface area contributed by atoms with Gasteiger partial charge in [0, 0.05) is 10.2 Å². The molecule has 0 aliphatic heterocycles. The molecule has 0 heterocycles. The molecule has 104 valence electrons. The Bertz CT molecular complexity index is 659. The van der Waals surface area contributed by atoms with E-state index in [1.165, 1.54) is 6.07 Å². The first-order valence-electron chi connectivity index (χ1n) is 5.64. The van der Waals surface area contributed by atoms with E-state index in [2.05, 4.69) is 37.2 Å². The summed E-state index contributed by atoms with van der Waals surface area (Å²) in [7, 11) is 1.57. The number of ether oxygens (including phenoxy) is 1. The molecule has 20 heavy (non-hydrogen) atoms. The number of anilines is 1. The zero-order valence-corrected chi connectivity index (χ0v) is 13.7. The molecule has 0 saturated heterocycles. The van der Waals surface area contributed by atoms with Crippen molar-refractivity contribution in [2.45, 2.75) is 0 Å². The number of aromatic hydroxyl groups is 1. The molecule has 0 saturated carbocycles. The van der Waals surface area contributed by atoms with Gasteiger partial charge in [0.25, 0.3) is 5.91 Å². The standard InChI is InChI=1S/C14H11Br2NO3/c1-20-13-5-3-9(7-11(13)16)17-14(19)10-6-8(15)2-4-12(10)18/h2-7,18H,1H3,(H,17,19). The molecule has 0 spiro atoms. The summed E-state index contributed by atoms with van der Waals surface area (Å²) in [5.74, 6) is 0.215. The third-order valence-electron chi connectivity index (χ3n) is 2.61. The van der Waals surface area contributed by atoms with Crippen LogP contribution in [0, 0.1) is 0 Å². The minimum atomic E-state index is -0.388. The maximum Gasteiger partial charge on any atom is 0.259 e. The number of carbonyl (C=O) groups excluding carboxylic acids is 1. The van der Waals surface area contributed by atoms with E-state index in [1.54, 1.807) is 37.4 Å². The molecule has 0 radical (unpaired) electrons. The van der Waals surface area contributed by atoms with Crippen molar-refractivity contribution in [1.29, 1.82) is 0 Å². The van der Waals surface area contributed by atoms with E-state index in [1.807, 2.05) is 0 Å². The number of halogens is 2. The quantitative estimate of drug-likeness (QED) is 0.812. The van der Waals surface area contributed by atoms with Crippen LogP contribution in [0.25, 0.3) is 0 Å². The average molecular weight is 401 g/mol. The number of phenolic OH excluding ortho intramolecular Hbond substituents is 1. The fraction of sp³-hybridized carbons (Fsp3) is 0.0714. The summed E-state index contributed by atoms with van der Waals surface area (Å²) in [5, 5.41) is 12.4. The van der Waals surface area contributed by atoms with Crippen LogP contribution in [-0.2, 0) is 0 Å². The van der Waals surface area contributed by atoms with Crippen LogP contribution >= 0.6 is 31.9 Å². The maximum absolute atomic E-state index is 12.1. The first-order valence-corrected chi connectivity index (χ1v) is 7.23. The number of methoxy groups -OCH3 is 1. The largest absolute Gasteiger partial charge is 0.507 e. The van der Waals surface area contributed by atoms with Crippen LogP contribution in [0.15, 0.2) is 45.3 Å². The lowest BCUT2D eigenvalue weighted by Gasteiger charge is -2.09. The minimum Gasteiger partial charge on any atom is -0.507 e. The predicted molar refractivity (Wildman–Crippen MR) is 84.5 cm³/mol. The number of hydrogen-bond donors (Lipinski definition) is 2. The van der Waals surface area contributed by atoms with Gasteiger partial charge < -0.3 is 15.2 Å². The number of benzene rings is 2. The predicted octanol–water partition coefficient (Wildman–Crippen LogP) is 4.18. The molecule has 0 aliphatic carbocycles. The van der Waals surface area contributed by atoms with Gasteiger partial charge in [0.05, 0.1) is 17.1 Å². The van der Waals surface area contributed by atoms with Crippen LogP contribution in [0.1, 0.15) is 10.4 Å². The van der Waals surface area contributed by atoms with Gasteiger partial charge in [-0.25, -0.2) is 0 Å².